The second-order valence-corrected chi connectivity index (χ2v) is 10.3. The van der Waals surface area contributed by atoms with Gasteiger partial charge in [0.25, 0.3) is 0 Å². The van der Waals surface area contributed by atoms with Crippen molar-refractivity contribution >= 4 is 21.8 Å². The Hall–Kier alpha value is -2.95. The zero-order valence-electron chi connectivity index (χ0n) is 22.2. The Morgan fingerprint density at radius 1 is 1.00 bits per heavy atom. The van der Waals surface area contributed by atoms with Crippen LogP contribution < -0.4 is 14.8 Å². The summed E-state index contributed by atoms with van der Waals surface area (Å²) in [6, 6.07) is 13.2. The van der Waals surface area contributed by atoms with Gasteiger partial charge in [-0.1, -0.05) is 31.2 Å². The minimum Gasteiger partial charge on any atom is -0.497 e. The molecule has 0 aliphatic carbocycles. The topological polar surface area (TPSA) is 114 Å². The van der Waals surface area contributed by atoms with Gasteiger partial charge in [0.1, 0.15) is 11.8 Å². The van der Waals surface area contributed by atoms with Crippen LogP contribution in [0.3, 0.4) is 0 Å². The molecule has 2 aromatic rings. The van der Waals surface area contributed by atoms with Gasteiger partial charge in [-0.2, -0.15) is 0 Å². The van der Waals surface area contributed by atoms with Crippen LogP contribution in [0.15, 0.2) is 53.4 Å². The molecule has 2 rings (SSSR count). The molecule has 1 unspecified atom stereocenters. The average molecular weight is 534 g/mol. The van der Waals surface area contributed by atoms with Gasteiger partial charge >= 0.3 is 0 Å². The Morgan fingerprint density at radius 2 is 1.65 bits per heavy atom. The van der Waals surface area contributed by atoms with Crippen LogP contribution in [-0.2, 0) is 37.3 Å². The number of sulfonamides is 1. The lowest BCUT2D eigenvalue weighted by molar-refractivity contribution is -0.140. The summed E-state index contributed by atoms with van der Waals surface area (Å²) in [6.45, 7) is 7.60. The van der Waals surface area contributed by atoms with Crippen molar-refractivity contribution in [1.82, 2.24) is 14.9 Å². The molecular weight excluding hydrogens is 494 g/mol. The van der Waals surface area contributed by atoms with E-state index in [4.69, 9.17) is 9.47 Å². The summed E-state index contributed by atoms with van der Waals surface area (Å²) >= 11 is 0. The molecule has 10 heteroatoms. The quantitative estimate of drug-likeness (QED) is 0.321. The normalized spacial score (nSPS) is 12.1. The minimum atomic E-state index is -3.53. The van der Waals surface area contributed by atoms with E-state index < -0.39 is 16.1 Å². The molecule has 2 amide bonds. The lowest BCUT2D eigenvalue weighted by Gasteiger charge is -2.29. The molecule has 204 valence electrons. The van der Waals surface area contributed by atoms with Crippen LogP contribution in [0.2, 0.25) is 0 Å². The third-order valence-electron chi connectivity index (χ3n) is 5.84. The molecule has 0 spiro atoms. The number of carbonyl (C=O) groups is 2. The summed E-state index contributed by atoms with van der Waals surface area (Å²) in [5, 5.41) is 2.89. The van der Waals surface area contributed by atoms with Crippen LogP contribution in [-0.4, -0.2) is 64.6 Å². The highest BCUT2D eigenvalue weighted by Gasteiger charge is 2.26. The van der Waals surface area contributed by atoms with Crippen molar-refractivity contribution in [2.45, 2.75) is 57.5 Å². The molecule has 9 nitrogen and oxygen atoms in total. The van der Waals surface area contributed by atoms with Crippen molar-refractivity contribution in [1.29, 1.82) is 0 Å². The van der Waals surface area contributed by atoms with E-state index in [1.807, 2.05) is 31.2 Å². The number of benzene rings is 2. The van der Waals surface area contributed by atoms with Crippen molar-refractivity contribution in [3.05, 3.63) is 59.7 Å². The highest BCUT2D eigenvalue weighted by Crippen LogP contribution is 2.17. The van der Waals surface area contributed by atoms with Crippen LogP contribution in [0.5, 0.6) is 5.75 Å². The molecule has 1 atom stereocenters. The molecule has 0 heterocycles. The predicted molar refractivity (Wildman–Crippen MR) is 143 cm³/mol. The fourth-order valence-corrected chi connectivity index (χ4v) is 4.73. The number of aryl methyl sites for hydroxylation is 1. The lowest BCUT2D eigenvalue weighted by atomic mass is 10.1. The molecule has 0 aliphatic rings. The van der Waals surface area contributed by atoms with Gasteiger partial charge in [0.05, 0.1) is 12.0 Å². The van der Waals surface area contributed by atoms with Crippen LogP contribution in [0, 0.1) is 0 Å². The molecule has 0 saturated heterocycles. The van der Waals surface area contributed by atoms with E-state index in [1.165, 1.54) is 12.1 Å². The first-order valence-electron chi connectivity index (χ1n) is 12.6. The van der Waals surface area contributed by atoms with Crippen LogP contribution in [0.1, 0.15) is 44.7 Å². The summed E-state index contributed by atoms with van der Waals surface area (Å²) in [6.07, 6.45) is 1.29. The van der Waals surface area contributed by atoms with E-state index in [-0.39, 0.29) is 29.7 Å². The summed E-state index contributed by atoms with van der Waals surface area (Å²) in [4.78, 5) is 27.9. The molecular formula is C27H39N3O6S. The van der Waals surface area contributed by atoms with Crippen LogP contribution in [0.25, 0.3) is 0 Å². The van der Waals surface area contributed by atoms with Gasteiger partial charge in [0, 0.05) is 39.3 Å². The third-order valence-corrected chi connectivity index (χ3v) is 7.41. The summed E-state index contributed by atoms with van der Waals surface area (Å²) in [7, 11) is -1.94. The van der Waals surface area contributed by atoms with Crippen LogP contribution in [0.4, 0.5) is 0 Å². The number of rotatable bonds is 16. The van der Waals surface area contributed by atoms with Crippen LogP contribution >= 0.6 is 0 Å². The second kappa shape index (κ2) is 15.3. The number of hydrogen-bond donors (Lipinski definition) is 2. The standard InChI is InChI=1S/C27H39N3O6S/c1-5-29-37(33,34)25-15-10-22(11-16-25)12-17-26(31)30(20-23-8-13-24(35-4)14-9-23)21(3)27(32)28-18-7-19-36-6-2/h8-11,13-16,21,29H,5-7,12,17-20H2,1-4H3,(H,28,32). The molecule has 0 fully saturated rings. The molecule has 0 saturated carbocycles. The van der Waals surface area contributed by atoms with Gasteiger partial charge in [0.2, 0.25) is 21.8 Å². The SMILES string of the molecule is CCNS(=O)(=O)c1ccc(CCC(=O)N(Cc2ccc(OC)cc2)C(C)C(=O)NCCCOCC)cc1. The van der Waals surface area contributed by atoms with E-state index in [1.54, 1.807) is 38.0 Å². The van der Waals surface area contributed by atoms with Gasteiger partial charge in [-0.25, -0.2) is 13.1 Å². The maximum atomic E-state index is 13.3. The van der Waals surface area contributed by atoms with Crippen molar-refractivity contribution in [2.75, 3.05) is 33.4 Å². The lowest BCUT2D eigenvalue weighted by Crippen LogP contribution is -2.48. The Balaban J connectivity index is 2.09. The number of methoxy groups -OCH3 is 1. The number of hydrogen-bond acceptors (Lipinski definition) is 6. The first-order chi connectivity index (χ1) is 17.7. The number of amides is 2. The fraction of sp³-hybridized carbons (Fsp3) is 0.481. The Bertz CT molecular complexity index is 1090. The summed E-state index contributed by atoms with van der Waals surface area (Å²) in [5.41, 5.74) is 1.71. The minimum absolute atomic E-state index is 0.169. The molecule has 0 aliphatic heterocycles. The van der Waals surface area contributed by atoms with E-state index in [2.05, 4.69) is 10.0 Å². The third kappa shape index (κ3) is 9.79. The van der Waals surface area contributed by atoms with E-state index in [0.29, 0.717) is 44.9 Å². The van der Waals surface area contributed by atoms with Crippen molar-refractivity contribution < 1.29 is 27.5 Å². The van der Waals surface area contributed by atoms with Gasteiger partial charge in [-0.05, 0) is 62.1 Å². The first-order valence-corrected chi connectivity index (χ1v) is 14.1. The first kappa shape index (κ1) is 30.3. The molecule has 0 radical (unpaired) electrons. The molecule has 2 aromatic carbocycles. The fourth-order valence-electron chi connectivity index (χ4n) is 3.69. The monoisotopic (exact) mass is 533 g/mol. The molecule has 2 N–H and O–H groups in total. The molecule has 37 heavy (non-hydrogen) atoms. The van der Waals surface area contributed by atoms with Crippen molar-refractivity contribution in [3.63, 3.8) is 0 Å². The zero-order valence-corrected chi connectivity index (χ0v) is 23.0. The average Bonchev–Trinajstić information content (AvgIpc) is 2.90. The predicted octanol–water partition coefficient (Wildman–Crippen LogP) is 2.89. The Labute approximate surface area is 220 Å². The molecule has 0 aromatic heterocycles. The van der Waals surface area contributed by atoms with E-state index >= 15 is 0 Å². The highest BCUT2D eigenvalue weighted by molar-refractivity contribution is 7.89. The molecule has 0 bridgehead atoms. The zero-order chi connectivity index (χ0) is 27.3. The summed E-state index contributed by atoms with van der Waals surface area (Å²) < 4.78 is 37.3. The van der Waals surface area contributed by atoms with Gasteiger partial charge in [-0.3, -0.25) is 9.59 Å². The number of nitrogens with one attached hydrogen (secondary N) is 2. The van der Waals surface area contributed by atoms with E-state index in [9.17, 15) is 18.0 Å². The summed E-state index contributed by atoms with van der Waals surface area (Å²) in [5.74, 6) is 0.315. The largest absolute Gasteiger partial charge is 0.497 e. The Morgan fingerprint density at radius 3 is 2.24 bits per heavy atom. The number of nitrogens with zero attached hydrogens (tertiary/aromatic N) is 1. The smallest absolute Gasteiger partial charge is 0.242 e. The van der Waals surface area contributed by atoms with Gasteiger partial charge < -0.3 is 19.7 Å². The van der Waals surface area contributed by atoms with Crippen molar-refractivity contribution in [3.8, 4) is 5.75 Å². The second-order valence-electron chi connectivity index (χ2n) is 8.53. The highest BCUT2D eigenvalue weighted by atomic mass is 32.2. The maximum Gasteiger partial charge on any atom is 0.242 e. The van der Waals surface area contributed by atoms with Gasteiger partial charge in [0.15, 0.2) is 0 Å². The number of ether oxygens (including phenoxy) is 2. The number of carbonyl (C=O) groups excluding carboxylic acids is 2. The van der Waals surface area contributed by atoms with Gasteiger partial charge in [-0.15, -0.1) is 0 Å². The maximum absolute atomic E-state index is 13.3. The Kier molecular flexibility index (Phi) is 12.5. The van der Waals surface area contributed by atoms with Crippen molar-refractivity contribution in [2.24, 2.45) is 0 Å². The van der Waals surface area contributed by atoms with E-state index in [0.717, 1.165) is 11.1 Å².